The van der Waals surface area contributed by atoms with Gasteiger partial charge in [0.05, 0.1) is 0 Å². The highest BCUT2D eigenvalue weighted by Gasteiger charge is 2.21. The Morgan fingerprint density at radius 2 is 2.05 bits per heavy atom. The summed E-state index contributed by atoms with van der Waals surface area (Å²) in [6, 6.07) is 4.18. The number of hydrogen-bond donors (Lipinski definition) is 0. The maximum Gasteiger partial charge on any atom is 0.162 e. The number of rotatable bonds is 4. The first-order valence-corrected chi connectivity index (χ1v) is 9.74. The molecule has 2 aliphatic heterocycles. The van der Waals surface area contributed by atoms with Gasteiger partial charge in [0, 0.05) is 17.6 Å². The smallest absolute Gasteiger partial charge is 0.162 e. The summed E-state index contributed by atoms with van der Waals surface area (Å²) in [5.41, 5.74) is 1.30. The molecule has 0 spiro atoms. The summed E-state index contributed by atoms with van der Waals surface area (Å²) in [5.74, 6) is 3.86. The van der Waals surface area contributed by atoms with Crippen LogP contribution in [0.5, 0.6) is 11.5 Å². The molecule has 0 bridgehead atoms. The van der Waals surface area contributed by atoms with Gasteiger partial charge in [-0.3, -0.25) is 4.90 Å². The van der Waals surface area contributed by atoms with Crippen molar-refractivity contribution >= 4 is 27.7 Å². The highest BCUT2D eigenvalue weighted by molar-refractivity contribution is 9.10. The molecule has 0 amide bonds. The van der Waals surface area contributed by atoms with Crippen LogP contribution in [0.4, 0.5) is 0 Å². The Morgan fingerprint density at radius 3 is 2.81 bits per heavy atom. The van der Waals surface area contributed by atoms with E-state index in [0.29, 0.717) is 13.2 Å². The molecule has 2 aliphatic rings. The monoisotopic (exact) mass is 371 g/mol. The zero-order valence-electron chi connectivity index (χ0n) is 12.4. The van der Waals surface area contributed by atoms with Crippen molar-refractivity contribution in [2.24, 2.45) is 5.92 Å². The SMILES string of the molecule is CSC[C@H]1CCCN(Cc2cc3c(cc2Br)OCCO3)C1. The number of piperidine rings is 1. The van der Waals surface area contributed by atoms with Crippen LogP contribution in [0.2, 0.25) is 0 Å². The van der Waals surface area contributed by atoms with Crippen LogP contribution in [0.3, 0.4) is 0 Å². The maximum atomic E-state index is 5.70. The van der Waals surface area contributed by atoms with Crippen LogP contribution in [-0.2, 0) is 6.54 Å². The van der Waals surface area contributed by atoms with Gasteiger partial charge in [-0.25, -0.2) is 0 Å². The molecule has 2 heterocycles. The molecule has 0 aromatic heterocycles. The number of ether oxygens (including phenoxy) is 2. The van der Waals surface area contributed by atoms with Gasteiger partial charge in [0.15, 0.2) is 11.5 Å². The van der Waals surface area contributed by atoms with Crippen molar-refractivity contribution in [1.82, 2.24) is 4.90 Å². The molecule has 1 aromatic carbocycles. The van der Waals surface area contributed by atoms with E-state index in [4.69, 9.17) is 9.47 Å². The summed E-state index contributed by atoms with van der Waals surface area (Å²) < 4.78 is 12.5. The molecule has 3 rings (SSSR count). The van der Waals surface area contributed by atoms with Crippen LogP contribution in [-0.4, -0.2) is 43.2 Å². The molecule has 0 radical (unpaired) electrons. The maximum absolute atomic E-state index is 5.70. The number of thioether (sulfide) groups is 1. The van der Waals surface area contributed by atoms with E-state index in [-0.39, 0.29) is 0 Å². The molecule has 3 nitrogen and oxygen atoms in total. The van der Waals surface area contributed by atoms with Crippen molar-refractivity contribution < 1.29 is 9.47 Å². The van der Waals surface area contributed by atoms with Crippen LogP contribution in [0.1, 0.15) is 18.4 Å². The van der Waals surface area contributed by atoms with Crippen molar-refractivity contribution in [2.45, 2.75) is 19.4 Å². The minimum atomic E-state index is 0.640. The van der Waals surface area contributed by atoms with Gasteiger partial charge in [-0.2, -0.15) is 11.8 Å². The number of nitrogens with zero attached hydrogens (tertiary/aromatic N) is 1. The summed E-state index contributed by atoms with van der Waals surface area (Å²) in [6.07, 6.45) is 4.89. The van der Waals surface area contributed by atoms with Crippen molar-refractivity contribution in [3.8, 4) is 11.5 Å². The zero-order valence-corrected chi connectivity index (χ0v) is 14.8. The Bertz CT molecular complexity index is 495. The molecule has 116 valence electrons. The second-order valence-electron chi connectivity index (χ2n) is 5.79. The van der Waals surface area contributed by atoms with Gasteiger partial charge in [-0.15, -0.1) is 0 Å². The van der Waals surface area contributed by atoms with Gasteiger partial charge in [0.25, 0.3) is 0 Å². The van der Waals surface area contributed by atoms with Gasteiger partial charge >= 0.3 is 0 Å². The number of hydrogen-bond acceptors (Lipinski definition) is 4. The second-order valence-corrected chi connectivity index (χ2v) is 7.55. The average Bonchev–Trinajstić information content (AvgIpc) is 2.49. The molecule has 1 saturated heterocycles. The topological polar surface area (TPSA) is 21.7 Å². The lowest BCUT2D eigenvalue weighted by molar-refractivity contribution is 0.167. The molecule has 1 atom stereocenters. The third-order valence-electron chi connectivity index (χ3n) is 4.11. The average molecular weight is 372 g/mol. The third-order valence-corrected chi connectivity index (χ3v) is 5.65. The van der Waals surface area contributed by atoms with E-state index in [1.54, 1.807) is 0 Å². The van der Waals surface area contributed by atoms with E-state index in [0.717, 1.165) is 28.4 Å². The van der Waals surface area contributed by atoms with Crippen molar-refractivity contribution in [3.63, 3.8) is 0 Å². The number of halogens is 1. The molecule has 1 fully saturated rings. The highest BCUT2D eigenvalue weighted by Crippen LogP contribution is 2.36. The summed E-state index contributed by atoms with van der Waals surface area (Å²) in [6.45, 7) is 4.68. The predicted octanol–water partition coefficient (Wildman–Crippen LogP) is 3.80. The van der Waals surface area contributed by atoms with Crippen LogP contribution in [0.25, 0.3) is 0 Å². The lowest BCUT2D eigenvalue weighted by Crippen LogP contribution is -2.35. The highest BCUT2D eigenvalue weighted by atomic mass is 79.9. The van der Waals surface area contributed by atoms with Gasteiger partial charge in [0.2, 0.25) is 0 Å². The van der Waals surface area contributed by atoms with Gasteiger partial charge < -0.3 is 9.47 Å². The van der Waals surface area contributed by atoms with E-state index >= 15 is 0 Å². The van der Waals surface area contributed by atoms with Crippen molar-refractivity contribution in [2.75, 3.05) is 38.3 Å². The summed E-state index contributed by atoms with van der Waals surface area (Å²) >= 11 is 5.65. The molecule has 0 N–H and O–H groups in total. The minimum Gasteiger partial charge on any atom is -0.486 e. The van der Waals surface area contributed by atoms with Gasteiger partial charge in [-0.05, 0) is 55.0 Å². The molecule has 0 aliphatic carbocycles. The number of benzene rings is 1. The van der Waals surface area contributed by atoms with Crippen LogP contribution in [0, 0.1) is 5.92 Å². The van der Waals surface area contributed by atoms with E-state index < -0.39 is 0 Å². The largest absolute Gasteiger partial charge is 0.486 e. The fourth-order valence-electron chi connectivity index (χ4n) is 3.13. The van der Waals surface area contributed by atoms with Gasteiger partial charge in [-0.1, -0.05) is 15.9 Å². The Kier molecular flexibility index (Phi) is 5.35. The molecule has 0 unspecified atom stereocenters. The van der Waals surface area contributed by atoms with Crippen molar-refractivity contribution in [3.05, 3.63) is 22.2 Å². The summed E-state index contributed by atoms with van der Waals surface area (Å²) in [4.78, 5) is 2.57. The second kappa shape index (κ2) is 7.25. The fraction of sp³-hybridized carbons (Fsp3) is 0.625. The first-order chi connectivity index (χ1) is 10.3. The third kappa shape index (κ3) is 3.88. The molecular formula is C16H22BrNO2S. The quantitative estimate of drug-likeness (QED) is 0.802. The van der Waals surface area contributed by atoms with Crippen LogP contribution in [0.15, 0.2) is 16.6 Å². The first-order valence-electron chi connectivity index (χ1n) is 7.55. The van der Waals surface area contributed by atoms with E-state index in [9.17, 15) is 0 Å². The first kappa shape index (κ1) is 15.5. The molecular weight excluding hydrogens is 350 g/mol. The van der Waals surface area contributed by atoms with Crippen LogP contribution < -0.4 is 9.47 Å². The number of likely N-dealkylation sites (tertiary alicyclic amines) is 1. The van der Waals surface area contributed by atoms with E-state index in [2.05, 4.69) is 33.2 Å². The normalized spacial score (nSPS) is 22.3. The summed E-state index contributed by atoms with van der Waals surface area (Å²) in [5, 5.41) is 0. The minimum absolute atomic E-state index is 0.640. The Hall–Kier alpha value is -0.390. The fourth-order valence-corrected chi connectivity index (χ4v) is 4.33. The zero-order chi connectivity index (χ0) is 14.7. The Balaban J connectivity index is 1.69. The molecule has 5 heteroatoms. The Labute approximate surface area is 139 Å². The Morgan fingerprint density at radius 1 is 1.29 bits per heavy atom. The lowest BCUT2D eigenvalue weighted by atomic mass is 9.99. The van der Waals surface area contributed by atoms with Crippen LogP contribution >= 0.6 is 27.7 Å². The van der Waals surface area contributed by atoms with Gasteiger partial charge in [0.1, 0.15) is 13.2 Å². The molecule has 0 saturated carbocycles. The van der Waals surface area contributed by atoms with E-state index in [1.807, 2.05) is 17.8 Å². The summed E-state index contributed by atoms with van der Waals surface area (Å²) in [7, 11) is 0. The molecule has 21 heavy (non-hydrogen) atoms. The molecule has 1 aromatic rings. The standard InChI is InChI=1S/C16H22BrNO2S/c1-21-11-12-3-2-4-18(9-12)10-13-7-15-16(8-14(13)17)20-6-5-19-15/h7-8,12H,2-6,9-11H2,1H3/t12-/m0/s1. The predicted molar refractivity (Wildman–Crippen MR) is 91.5 cm³/mol. The van der Waals surface area contributed by atoms with E-state index in [1.165, 1.54) is 37.2 Å². The van der Waals surface area contributed by atoms with Crippen molar-refractivity contribution in [1.29, 1.82) is 0 Å². The lowest BCUT2D eigenvalue weighted by Gasteiger charge is -2.33. The number of fused-ring (bicyclic) bond motifs is 1.